The van der Waals surface area contributed by atoms with Crippen molar-refractivity contribution in [3.63, 3.8) is 0 Å². The second-order valence-corrected chi connectivity index (χ2v) is 9.16. The van der Waals surface area contributed by atoms with Gasteiger partial charge in [0.2, 0.25) is 17.7 Å². The minimum Gasteiger partial charge on any atom is -0.352 e. The van der Waals surface area contributed by atoms with Crippen LogP contribution in [0.5, 0.6) is 0 Å². The van der Waals surface area contributed by atoms with Crippen LogP contribution < -0.4 is 31.9 Å². The monoisotopic (exact) mass is 538 g/mol. The van der Waals surface area contributed by atoms with Crippen LogP contribution in [-0.2, 0) is 35.2 Å². The van der Waals surface area contributed by atoms with Gasteiger partial charge in [-0.1, -0.05) is 26.0 Å². The van der Waals surface area contributed by atoms with Gasteiger partial charge < -0.3 is 31.8 Å². The smallest absolute Gasteiger partial charge is 0.312 e. The number of primary amides is 1. The molecule has 0 bridgehead atoms. The highest BCUT2D eigenvalue weighted by atomic mass is 16.2. The number of anilines is 1. The van der Waals surface area contributed by atoms with E-state index in [0.717, 1.165) is 4.90 Å². The average Bonchev–Trinajstić information content (AvgIpc) is 3.20. The number of nitrogens with one attached hydrogen (secondary N) is 4. The van der Waals surface area contributed by atoms with Crippen LogP contribution in [-0.4, -0.2) is 74.3 Å². The Morgan fingerprint density at radius 2 is 1.54 bits per heavy atom. The molecule has 13 nitrogen and oxygen atoms in total. The van der Waals surface area contributed by atoms with E-state index in [0.29, 0.717) is 11.3 Å². The third kappa shape index (κ3) is 9.72. The molecule has 39 heavy (non-hydrogen) atoms. The molecule has 206 valence electrons. The van der Waals surface area contributed by atoms with Gasteiger partial charge in [0.15, 0.2) is 7.85 Å². The molecule has 6 N–H and O–H groups in total. The van der Waals surface area contributed by atoms with Gasteiger partial charge in [-0.15, -0.1) is 0 Å². The van der Waals surface area contributed by atoms with Gasteiger partial charge >= 0.3 is 6.03 Å². The maximum atomic E-state index is 13.1. The van der Waals surface area contributed by atoms with E-state index in [1.807, 2.05) is 0 Å². The van der Waals surface area contributed by atoms with Crippen LogP contribution in [0.3, 0.4) is 0 Å². The van der Waals surface area contributed by atoms with Crippen LogP contribution in [0, 0.1) is 5.92 Å². The summed E-state index contributed by atoms with van der Waals surface area (Å²) in [5, 5.41) is 9.97. The minimum atomic E-state index is -1.07. The molecule has 1 aromatic rings. The standard InChI is InChI=1S/C25H31BN6O7/c1-14(2)22(24(38)30-17(4-3-11-28-25(27)39)23(37)29-13-18(26)33)31-19(34)12-15-5-7-16(8-6-15)32-20(35)9-10-21(32)36/h5-10,14,17,22H,3-4,11-13H2,1-2H3,(H,29,37)(H,30,38)(H,31,34)(H3,27,28,39)/t17-,22?/m0/s1. The van der Waals surface area contributed by atoms with Crippen LogP contribution in [0.15, 0.2) is 36.4 Å². The van der Waals surface area contributed by atoms with Crippen molar-refractivity contribution >= 4 is 54.8 Å². The summed E-state index contributed by atoms with van der Waals surface area (Å²) in [5.74, 6) is -2.99. The van der Waals surface area contributed by atoms with E-state index in [4.69, 9.17) is 13.6 Å². The van der Waals surface area contributed by atoms with Crippen LogP contribution in [0.2, 0.25) is 0 Å². The van der Waals surface area contributed by atoms with Crippen molar-refractivity contribution in [2.75, 3.05) is 18.0 Å². The number of hydrogen-bond donors (Lipinski definition) is 5. The SMILES string of the molecule is [B]C(=O)CNC(=O)[C@H](CCCNC(N)=O)NC(=O)C(NC(=O)Cc1ccc(N2C(=O)C=CC2=O)cc1)C(C)C. The zero-order valence-electron chi connectivity index (χ0n) is 21.7. The largest absolute Gasteiger partial charge is 0.352 e. The molecule has 0 fully saturated rings. The van der Waals surface area contributed by atoms with Gasteiger partial charge in [-0.3, -0.25) is 24.0 Å². The topological polar surface area (TPSA) is 197 Å². The first-order valence-corrected chi connectivity index (χ1v) is 12.2. The molecule has 7 amide bonds. The van der Waals surface area contributed by atoms with E-state index >= 15 is 0 Å². The number of rotatable bonds is 14. The normalized spacial score (nSPS) is 14.1. The Labute approximate surface area is 226 Å². The van der Waals surface area contributed by atoms with Crippen LogP contribution in [0.1, 0.15) is 32.3 Å². The predicted octanol–water partition coefficient (Wildman–Crippen LogP) is -1.46. The first kappa shape index (κ1) is 30.7. The van der Waals surface area contributed by atoms with Gasteiger partial charge in [0, 0.05) is 18.7 Å². The van der Waals surface area contributed by atoms with Gasteiger partial charge in [-0.25, -0.2) is 9.69 Å². The number of imide groups is 1. The second-order valence-electron chi connectivity index (χ2n) is 9.16. The molecule has 0 aromatic heterocycles. The fourth-order valence-corrected chi connectivity index (χ4v) is 3.71. The van der Waals surface area contributed by atoms with Crippen molar-refractivity contribution < 1.29 is 33.6 Å². The summed E-state index contributed by atoms with van der Waals surface area (Å²) in [6.45, 7) is 3.17. The van der Waals surface area contributed by atoms with Crippen molar-refractivity contribution in [3.8, 4) is 0 Å². The highest BCUT2D eigenvalue weighted by Crippen LogP contribution is 2.19. The average molecular weight is 538 g/mol. The summed E-state index contributed by atoms with van der Waals surface area (Å²) in [4.78, 5) is 84.9. The number of carbonyl (C=O) groups excluding carboxylic acids is 7. The summed E-state index contributed by atoms with van der Waals surface area (Å²) < 4.78 is 0. The highest BCUT2D eigenvalue weighted by Gasteiger charge is 2.29. The molecule has 1 aliphatic heterocycles. The number of amides is 7. The van der Waals surface area contributed by atoms with E-state index in [9.17, 15) is 33.6 Å². The first-order chi connectivity index (χ1) is 18.4. The molecule has 2 radical (unpaired) electrons. The van der Waals surface area contributed by atoms with Gasteiger partial charge in [0.1, 0.15) is 12.1 Å². The van der Waals surface area contributed by atoms with Crippen molar-refractivity contribution in [2.24, 2.45) is 11.7 Å². The van der Waals surface area contributed by atoms with Gasteiger partial charge in [-0.05, 0) is 36.5 Å². The molecule has 1 aliphatic rings. The van der Waals surface area contributed by atoms with E-state index < -0.39 is 59.9 Å². The lowest BCUT2D eigenvalue weighted by Gasteiger charge is -2.25. The number of hydrogen-bond acceptors (Lipinski definition) is 7. The number of urea groups is 1. The lowest BCUT2D eigenvalue weighted by molar-refractivity contribution is -0.133. The zero-order valence-corrected chi connectivity index (χ0v) is 21.7. The molecule has 0 spiro atoms. The second kappa shape index (κ2) is 14.5. The molecule has 0 saturated heterocycles. The number of carbonyl (C=O) groups is 7. The molecule has 0 aliphatic carbocycles. The molecule has 0 saturated carbocycles. The third-order valence-corrected chi connectivity index (χ3v) is 5.67. The Bertz CT molecular complexity index is 1130. The van der Waals surface area contributed by atoms with E-state index in [-0.39, 0.29) is 31.7 Å². The van der Waals surface area contributed by atoms with Gasteiger partial charge in [0.25, 0.3) is 11.8 Å². The maximum absolute atomic E-state index is 13.1. The zero-order chi connectivity index (χ0) is 29.1. The van der Waals surface area contributed by atoms with Crippen LogP contribution in [0.4, 0.5) is 10.5 Å². The summed E-state index contributed by atoms with van der Waals surface area (Å²) in [7, 11) is 5.07. The highest BCUT2D eigenvalue weighted by molar-refractivity contribution is 6.58. The molecular formula is C25H31BN6O7. The number of nitrogens with two attached hydrogens (primary N) is 1. The predicted molar refractivity (Wildman–Crippen MR) is 141 cm³/mol. The Morgan fingerprint density at radius 3 is 2.08 bits per heavy atom. The molecule has 1 aromatic carbocycles. The van der Waals surface area contributed by atoms with Crippen molar-refractivity contribution in [3.05, 3.63) is 42.0 Å². The number of nitrogens with zero attached hydrogens (tertiary/aromatic N) is 1. The molecular weight excluding hydrogens is 507 g/mol. The van der Waals surface area contributed by atoms with Crippen LogP contribution >= 0.6 is 0 Å². The van der Waals surface area contributed by atoms with E-state index in [1.54, 1.807) is 38.1 Å². The lowest BCUT2D eigenvalue weighted by Crippen LogP contribution is -2.56. The maximum Gasteiger partial charge on any atom is 0.312 e. The molecule has 1 heterocycles. The van der Waals surface area contributed by atoms with E-state index in [2.05, 4.69) is 21.3 Å². The van der Waals surface area contributed by atoms with Gasteiger partial charge in [0.05, 0.1) is 24.3 Å². The summed E-state index contributed by atoms with van der Waals surface area (Å²) in [6.07, 6.45) is 2.66. The Kier molecular flexibility index (Phi) is 11.4. The van der Waals surface area contributed by atoms with Crippen LogP contribution in [0.25, 0.3) is 0 Å². The van der Waals surface area contributed by atoms with Crippen molar-refractivity contribution in [2.45, 2.75) is 45.2 Å². The summed E-state index contributed by atoms with van der Waals surface area (Å²) in [5.41, 5.74) is 5.21. The quantitative estimate of drug-likeness (QED) is 0.108. The molecule has 14 heteroatoms. The van der Waals surface area contributed by atoms with Crippen molar-refractivity contribution in [1.29, 1.82) is 0 Å². The molecule has 1 unspecified atom stereocenters. The Hall–Kier alpha value is -4.49. The van der Waals surface area contributed by atoms with Gasteiger partial charge in [-0.2, -0.15) is 0 Å². The minimum absolute atomic E-state index is 0.0851. The fraction of sp³-hybridized carbons (Fsp3) is 0.400. The summed E-state index contributed by atoms with van der Waals surface area (Å²) >= 11 is 0. The summed E-state index contributed by atoms with van der Waals surface area (Å²) in [6, 6.07) is 3.48. The van der Waals surface area contributed by atoms with Crippen molar-refractivity contribution in [1.82, 2.24) is 21.3 Å². The Morgan fingerprint density at radius 1 is 0.923 bits per heavy atom. The molecule has 2 atom stereocenters. The lowest BCUT2D eigenvalue weighted by atomic mass is 10.0. The first-order valence-electron chi connectivity index (χ1n) is 12.2. The fourth-order valence-electron chi connectivity index (χ4n) is 3.71. The number of benzene rings is 1. The molecule has 2 rings (SSSR count). The Balaban J connectivity index is 2.02. The third-order valence-electron chi connectivity index (χ3n) is 5.67. The van der Waals surface area contributed by atoms with E-state index in [1.165, 1.54) is 12.2 Å².